The zero-order valence-electron chi connectivity index (χ0n) is 22.2. The van der Waals surface area contributed by atoms with Gasteiger partial charge in [0.25, 0.3) is 5.56 Å². The Bertz CT molecular complexity index is 1640. The predicted octanol–water partition coefficient (Wildman–Crippen LogP) is 5.10. The summed E-state index contributed by atoms with van der Waals surface area (Å²) in [4.78, 5) is 31.6. The van der Waals surface area contributed by atoms with Crippen LogP contribution in [-0.4, -0.2) is 44.6 Å². The maximum Gasteiger partial charge on any atom is 0.573 e. The number of fused-ring (bicyclic) bond motifs is 1. The molecule has 41 heavy (non-hydrogen) atoms. The van der Waals surface area contributed by atoms with E-state index >= 15 is 0 Å². The molecule has 2 aromatic heterocycles. The van der Waals surface area contributed by atoms with Gasteiger partial charge in [-0.1, -0.05) is 35.9 Å². The molecule has 1 fully saturated rings. The third-order valence-electron chi connectivity index (χ3n) is 6.78. The number of rotatable bonds is 9. The van der Waals surface area contributed by atoms with Crippen molar-refractivity contribution in [2.24, 2.45) is 7.05 Å². The quantitative estimate of drug-likeness (QED) is 0.251. The van der Waals surface area contributed by atoms with Gasteiger partial charge in [0.2, 0.25) is 0 Å². The van der Waals surface area contributed by atoms with Crippen molar-refractivity contribution in [3.05, 3.63) is 80.0 Å². The van der Waals surface area contributed by atoms with E-state index in [0.717, 1.165) is 29.4 Å². The van der Waals surface area contributed by atoms with Crippen LogP contribution in [0.1, 0.15) is 31.2 Å². The van der Waals surface area contributed by atoms with Crippen molar-refractivity contribution in [3.63, 3.8) is 0 Å². The summed E-state index contributed by atoms with van der Waals surface area (Å²) in [5.41, 5.74) is 0.153. The molecule has 0 amide bonds. The van der Waals surface area contributed by atoms with Crippen LogP contribution in [0.4, 0.5) is 13.2 Å². The Kier molecular flexibility index (Phi) is 8.52. The van der Waals surface area contributed by atoms with E-state index in [-0.39, 0.29) is 41.9 Å². The summed E-state index contributed by atoms with van der Waals surface area (Å²) in [5, 5.41) is 0.520. The van der Waals surface area contributed by atoms with E-state index in [9.17, 15) is 22.8 Å². The van der Waals surface area contributed by atoms with Crippen LogP contribution in [0.25, 0.3) is 22.6 Å². The van der Waals surface area contributed by atoms with E-state index in [2.05, 4.69) is 9.72 Å². The van der Waals surface area contributed by atoms with Gasteiger partial charge in [-0.25, -0.2) is 9.78 Å². The first-order valence-corrected chi connectivity index (χ1v) is 13.5. The van der Waals surface area contributed by atoms with Gasteiger partial charge in [0.15, 0.2) is 17.5 Å². The highest BCUT2D eigenvalue weighted by atomic mass is 35.5. The molecule has 0 saturated carbocycles. The molecule has 2 aromatic carbocycles. The highest BCUT2D eigenvalue weighted by Gasteiger charge is 2.31. The molecule has 1 saturated heterocycles. The van der Waals surface area contributed by atoms with Gasteiger partial charge in [0.1, 0.15) is 11.6 Å². The number of nitrogens with zero attached hydrogens (tertiary/aromatic N) is 4. The van der Waals surface area contributed by atoms with Crippen LogP contribution in [-0.2, 0) is 29.6 Å². The molecule has 1 aliphatic rings. The molecule has 1 atom stereocenters. The molecule has 3 heterocycles. The van der Waals surface area contributed by atoms with Gasteiger partial charge in [0.05, 0.1) is 6.61 Å². The van der Waals surface area contributed by atoms with Crippen molar-refractivity contribution < 1.29 is 27.4 Å². The molecule has 0 N–H and O–H groups in total. The first-order valence-electron chi connectivity index (χ1n) is 13.1. The van der Waals surface area contributed by atoms with Crippen molar-refractivity contribution >= 4 is 22.8 Å². The molecule has 1 unspecified atom stereocenters. The van der Waals surface area contributed by atoms with E-state index in [1.165, 1.54) is 29.8 Å². The lowest BCUT2D eigenvalue weighted by Crippen LogP contribution is -2.40. The fraction of sp³-hybridized carbons (Fsp3) is 0.393. The second-order valence-corrected chi connectivity index (χ2v) is 10.2. The Hall–Kier alpha value is -3.61. The van der Waals surface area contributed by atoms with Crippen molar-refractivity contribution in [3.8, 4) is 17.1 Å². The SMILES string of the molecule is Cn1c(=O)n(CCCOC2CCCCO2)c(=O)c2c1nc(-c1cccc(OC(F)(F)F)c1)n2Cc1ccc(Cl)cc1. The summed E-state index contributed by atoms with van der Waals surface area (Å²) in [6.45, 7) is 1.19. The monoisotopic (exact) mass is 592 g/mol. The van der Waals surface area contributed by atoms with E-state index in [4.69, 9.17) is 21.1 Å². The third-order valence-corrected chi connectivity index (χ3v) is 7.03. The number of hydrogen-bond donors (Lipinski definition) is 0. The van der Waals surface area contributed by atoms with Gasteiger partial charge >= 0.3 is 12.1 Å². The topological polar surface area (TPSA) is 89.5 Å². The zero-order valence-corrected chi connectivity index (χ0v) is 23.0. The van der Waals surface area contributed by atoms with Gasteiger partial charge in [-0.2, -0.15) is 0 Å². The van der Waals surface area contributed by atoms with E-state index < -0.39 is 23.4 Å². The lowest BCUT2D eigenvalue weighted by atomic mass is 10.2. The molecule has 0 spiro atoms. The molecule has 0 aliphatic carbocycles. The van der Waals surface area contributed by atoms with Crippen LogP contribution in [0, 0.1) is 0 Å². The van der Waals surface area contributed by atoms with Crippen molar-refractivity contribution in [2.45, 2.75) is 51.4 Å². The Morgan fingerprint density at radius 1 is 1.10 bits per heavy atom. The smallest absolute Gasteiger partial charge is 0.406 e. The molecular formula is C28H28ClF3N4O5. The Labute approximate surface area is 237 Å². The first-order chi connectivity index (χ1) is 19.6. The summed E-state index contributed by atoms with van der Waals surface area (Å²) < 4.78 is 58.2. The Morgan fingerprint density at radius 2 is 1.88 bits per heavy atom. The summed E-state index contributed by atoms with van der Waals surface area (Å²) in [7, 11) is 1.50. The molecule has 13 heteroatoms. The number of aryl methyl sites for hydroxylation is 1. The molecule has 1 aliphatic heterocycles. The van der Waals surface area contributed by atoms with Gasteiger partial charge in [-0.05, 0) is 55.5 Å². The standard InChI is InChI=1S/C28H28ClF3N4O5/c1-34-25-23(26(37)35(27(34)38)13-5-15-40-22-8-2-3-14-39-22)36(17-18-9-11-20(29)12-10-18)24(33-25)19-6-4-7-21(16-19)41-28(30,31)32/h4,6-7,9-12,16,22H,2-3,5,8,13-15,17H2,1H3. The van der Waals surface area contributed by atoms with Crippen molar-refractivity contribution in [2.75, 3.05) is 13.2 Å². The van der Waals surface area contributed by atoms with Crippen molar-refractivity contribution in [1.29, 1.82) is 0 Å². The van der Waals surface area contributed by atoms with Gasteiger partial charge in [-0.15, -0.1) is 13.2 Å². The summed E-state index contributed by atoms with van der Waals surface area (Å²) in [5.74, 6) is -0.237. The number of ether oxygens (including phenoxy) is 3. The molecule has 9 nitrogen and oxygen atoms in total. The largest absolute Gasteiger partial charge is 0.573 e. The fourth-order valence-corrected chi connectivity index (χ4v) is 4.95. The summed E-state index contributed by atoms with van der Waals surface area (Å²) >= 11 is 6.05. The highest BCUT2D eigenvalue weighted by Crippen LogP contribution is 2.30. The third kappa shape index (κ3) is 6.66. The average Bonchev–Trinajstić information content (AvgIpc) is 3.32. The van der Waals surface area contributed by atoms with Crippen LogP contribution < -0.4 is 16.0 Å². The van der Waals surface area contributed by atoms with Crippen LogP contribution in [0.5, 0.6) is 5.75 Å². The second kappa shape index (κ2) is 12.1. The average molecular weight is 593 g/mol. The van der Waals surface area contributed by atoms with Gasteiger partial charge in [-0.3, -0.25) is 13.9 Å². The number of alkyl halides is 3. The van der Waals surface area contributed by atoms with E-state index in [1.807, 2.05) is 0 Å². The lowest BCUT2D eigenvalue weighted by Gasteiger charge is -2.22. The number of aromatic nitrogens is 4. The number of benzene rings is 2. The molecular weight excluding hydrogens is 565 g/mol. The van der Waals surface area contributed by atoms with Crippen LogP contribution in [0.3, 0.4) is 0 Å². The summed E-state index contributed by atoms with van der Waals surface area (Å²) in [6, 6.07) is 12.2. The predicted molar refractivity (Wildman–Crippen MR) is 146 cm³/mol. The molecule has 4 aromatic rings. The molecule has 218 valence electrons. The highest BCUT2D eigenvalue weighted by molar-refractivity contribution is 6.30. The minimum Gasteiger partial charge on any atom is -0.406 e. The fourth-order valence-electron chi connectivity index (χ4n) is 4.83. The van der Waals surface area contributed by atoms with Gasteiger partial charge < -0.3 is 18.8 Å². The molecule has 5 rings (SSSR count). The van der Waals surface area contributed by atoms with Crippen molar-refractivity contribution in [1.82, 2.24) is 18.7 Å². The number of hydrogen-bond acceptors (Lipinski definition) is 6. The first kappa shape index (κ1) is 28.9. The number of imidazole rings is 1. The molecule has 0 radical (unpaired) electrons. The Balaban J connectivity index is 1.56. The number of halogens is 4. The van der Waals surface area contributed by atoms with Crippen LogP contribution >= 0.6 is 11.6 Å². The minimum atomic E-state index is -4.88. The van der Waals surface area contributed by atoms with Crippen LogP contribution in [0.2, 0.25) is 5.02 Å². The molecule has 0 bridgehead atoms. The Morgan fingerprint density at radius 3 is 2.59 bits per heavy atom. The second-order valence-electron chi connectivity index (χ2n) is 9.71. The van der Waals surface area contributed by atoms with Gasteiger partial charge in [0, 0.05) is 37.3 Å². The lowest BCUT2D eigenvalue weighted by molar-refractivity contribution is -0.274. The normalized spacial score (nSPS) is 15.9. The summed E-state index contributed by atoms with van der Waals surface area (Å²) in [6.07, 6.45) is -1.95. The maximum atomic E-state index is 13.8. The minimum absolute atomic E-state index is 0.102. The van der Waals surface area contributed by atoms with E-state index in [0.29, 0.717) is 24.7 Å². The maximum absolute atomic E-state index is 13.8. The van der Waals surface area contributed by atoms with Crippen LogP contribution in [0.15, 0.2) is 58.1 Å². The van der Waals surface area contributed by atoms with E-state index in [1.54, 1.807) is 34.9 Å². The zero-order chi connectivity index (χ0) is 29.1.